The molecule has 0 saturated heterocycles. The van der Waals surface area contributed by atoms with Crippen molar-refractivity contribution in [3.8, 4) is 0 Å². The van der Waals surface area contributed by atoms with Gasteiger partial charge in [0.05, 0.1) is 0 Å². The third-order valence-corrected chi connectivity index (χ3v) is 2.39. The van der Waals surface area contributed by atoms with Gasteiger partial charge < -0.3 is 0 Å². The molecule has 1 rings (SSSR count). The number of hydrogen-bond acceptors (Lipinski definition) is 7. The summed E-state index contributed by atoms with van der Waals surface area (Å²) in [4.78, 5) is 37.3. The summed E-state index contributed by atoms with van der Waals surface area (Å²) in [6.07, 6.45) is 0. The van der Waals surface area contributed by atoms with Crippen LogP contribution in [-0.2, 0) is 0 Å². The normalized spacial score (nSPS) is 13.9. The molecular formula is C7H12N3O5P. The van der Waals surface area contributed by atoms with Crippen LogP contribution in [0.1, 0.15) is 0 Å². The van der Waals surface area contributed by atoms with Crippen LogP contribution in [0.3, 0.4) is 0 Å². The maximum atomic E-state index is 10.4. The average molecular weight is 249 g/mol. The van der Waals surface area contributed by atoms with Gasteiger partial charge in [0.2, 0.25) is 0 Å². The fourth-order valence-corrected chi connectivity index (χ4v) is 1.82. The molecule has 0 radical (unpaired) electrons. The first-order valence-corrected chi connectivity index (χ1v) is 6.68. The number of nitrogen functional groups attached to an aromatic ring is 1. The number of nitro groups is 1. The number of nitro benzene ring substituents is 1. The molecule has 0 amide bonds. The van der Waals surface area contributed by atoms with E-state index in [1.807, 2.05) is 5.09 Å². The molecule has 90 valence electrons. The van der Waals surface area contributed by atoms with E-state index in [9.17, 15) is 24.8 Å². The third-order valence-electron chi connectivity index (χ3n) is 1.63. The van der Waals surface area contributed by atoms with Gasteiger partial charge in [-0.25, -0.2) is 0 Å². The van der Waals surface area contributed by atoms with Crippen molar-refractivity contribution in [2.24, 2.45) is 0 Å². The van der Waals surface area contributed by atoms with E-state index < -0.39 is 12.4 Å². The minimum atomic E-state index is -4.93. The van der Waals surface area contributed by atoms with Gasteiger partial charge in [-0.1, -0.05) is 0 Å². The topological polar surface area (TPSA) is 142 Å². The Balaban J connectivity index is 3.06. The molecule has 6 N–H and O–H groups in total. The van der Waals surface area contributed by atoms with Crippen LogP contribution in [0, 0.1) is 10.1 Å². The van der Waals surface area contributed by atoms with E-state index >= 15 is 0 Å². The van der Waals surface area contributed by atoms with Crippen LogP contribution >= 0.6 is 7.43 Å². The molecular weight excluding hydrogens is 237 g/mol. The number of anilines is 2. The SMILES string of the molecule is CP(O)(O)(O)Nc1ccc([N+](=O)[O-])cc1N. The molecule has 8 nitrogen and oxygen atoms in total. The van der Waals surface area contributed by atoms with Gasteiger partial charge in [-0.15, -0.1) is 0 Å². The van der Waals surface area contributed by atoms with Gasteiger partial charge in [0, 0.05) is 0 Å². The first-order valence-electron chi connectivity index (χ1n) is 4.14. The molecule has 0 aliphatic rings. The fraction of sp³-hybridized carbons (Fsp3) is 0.143. The third kappa shape index (κ3) is 3.59. The van der Waals surface area contributed by atoms with E-state index in [1.54, 1.807) is 0 Å². The first-order chi connectivity index (χ1) is 7.05. The second-order valence-corrected chi connectivity index (χ2v) is 6.54. The summed E-state index contributed by atoms with van der Waals surface area (Å²) in [5.41, 5.74) is 5.16. The molecule has 9 heteroatoms. The molecule has 0 aliphatic heterocycles. The van der Waals surface area contributed by atoms with Gasteiger partial charge in [-0.2, -0.15) is 0 Å². The number of nitrogens with two attached hydrogens (primary N) is 1. The summed E-state index contributed by atoms with van der Waals surface area (Å²) in [7, 11) is -4.93. The number of nitrogens with zero attached hydrogens (tertiary/aromatic N) is 1. The van der Waals surface area contributed by atoms with Gasteiger partial charge in [-0.3, -0.25) is 0 Å². The zero-order chi connectivity index (χ0) is 12.6. The quantitative estimate of drug-likeness (QED) is 0.226. The van der Waals surface area contributed by atoms with Gasteiger partial charge in [0.15, 0.2) is 0 Å². The Hall–Kier alpha value is -1.47. The van der Waals surface area contributed by atoms with Crippen LogP contribution < -0.4 is 10.8 Å². The number of benzene rings is 1. The maximum absolute atomic E-state index is 10.4. The average Bonchev–Trinajstić information content (AvgIpc) is 2.04. The summed E-state index contributed by atoms with van der Waals surface area (Å²) < 4.78 is 0. The second-order valence-electron chi connectivity index (χ2n) is 3.53. The Morgan fingerprint density at radius 2 is 2.00 bits per heavy atom. The molecule has 0 unspecified atom stereocenters. The van der Waals surface area contributed by atoms with Crippen LogP contribution in [0.2, 0.25) is 0 Å². The summed E-state index contributed by atoms with van der Waals surface area (Å²) in [6, 6.07) is 3.35. The predicted octanol–water partition coefficient (Wildman–Crippen LogP) is 0.409. The molecule has 0 spiro atoms. The Morgan fingerprint density at radius 1 is 1.44 bits per heavy atom. The minimum absolute atomic E-state index is 0.0123. The predicted molar refractivity (Wildman–Crippen MR) is 60.6 cm³/mol. The summed E-state index contributed by atoms with van der Waals surface area (Å²) >= 11 is 0. The standard InChI is InChI=1S/C7H12N3O5P/c1-16(13,14,15)9-7-3-2-5(10(11)12)4-6(7)8/h2-4,9,13-15H,8H2,1H3. The van der Waals surface area contributed by atoms with Crippen molar-refractivity contribution < 1.29 is 19.6 Å². The fourth-order valence-electron chi connectivity index (χ4n) is 1.05. The van der Waals surface area contributed by atoms with Crippen LogP contribution in [0.5, 0.6) is 0 Å². The summed E-state index contributed by atoms with van der Waals surface area (Å²) in [5, 5.41) is 12.4. The Bertz CT molecular complexity index is 432. The number of rotatable bonds is 3. The van der Waals surface area contributed by atoms with E-state index in [0.717, 1.165) is 18.8 Å². The molecule has 0 saturated carbocycles. The summed E-state index contributed by atoms with van der Waals surface area (Å²) in [6.45, 7) is 0.812. The van der Waals surface area contributed by atoms with Gasteiger partial charge in [-0.05, 0) is 0 Å². The van der Waals surface area contributed by atoms with Crippen molar-refractivity contribution >= 4 is 24.5 Å². The van der Waals surface area contributed by atoms with E-state index in [4.69, 9.17) is 5.73 Å². The molecule has 0 heterocycles. The summed E-state index contributed by atoms with van der Waals surface area (Å²) in [5.74, 6) is 0. The molecule has 0 atom stereocenters. The molecule has 1 aromatic carbocycles. The first kappa shape index (κ1) is 12.6. The molecule has 0 bridgehead atoms. The van der Waals surface area contributed by atoms with Crippen molar-refractivity contribution in [2.45, 2.75) is 0 Å². The van der Waals surface area contributed by atoms with Gasteiger partial charge in [0.25, 0.3) is 0 Å². The van der Waals surface area contributed by atoms with E-state index in [2.05, 4.69) is 0 Å². The second kappa shape index (κ2) is 3.53. The van der Waals surface area contributed by atoms with E-state index in [1.165, 1.54) is 6.07 Å². The molecule has 16 heavy (non-hydrogen) atoms. The van der Waals surface area contributed by atoms with Gasteiger partial charge in [0.1, 0.15) is 0 Å². The molecule has 0 fully saturated rings. The van der Waals surface area contributed by atoms with Crippen molar-refractivity contribution in [1.29, 1.82) is 0 Å². The number of hydrogen-bond donors (Lipinski definition) is 5. The van der Waals surface area contributed by atoms with Crippen molar-refractivity contribution in [1.82, 2.24) is 0 Å². The van der Waals surface area contributed by atoms with Crippen LogP contribution in [0.25, 0.3) is 0 Å². The van der Waals surface area contributed by atoms with E-state index in [0.29, 0.717) is 0 Å². The van der Waals surface area contributed by atoms with Crippen molar-refractivity contribution in [3.05, 3.63) is 28.3 Å². The van der Waals surface area contributed by atoms with E-state index in [-0.39, 0.29) is 17.1 Å². The van der Waals surface area contributed by atoms with Crippen molar-refractivity contribution in [3.63, 3.8) is 0 Å². The molecule has 0 aromatic heterocycles. The van der Waals surface area contributed by atoms with Crippen LogP contribution in [0.15, 0.2) is 18.2 Å². The Morgan fingerprint density at radius 3 is 2.38 bits per heavy atom. The van der Waals surface area contributed by atoms with Crippen molar-refractivity contribution in [2.75, 3.05) is 17.5 Å². The molecule has 0 aliphatic carbocycles. The molecule has 1 aromatic rings. The zero-order valence-electron chi connectivity index (χ0n) is 8.36. The Labute approximate surface area is 90.7 Å². The monoisotopic (exact) mass is 249 g/mol. The van der Waals surface area contributed by atoms with Gasteiger partial charge >= 0.3 is 89.9 Å². The number of nitrogens with one attached hydrogen (secondary N) is 1. The zero-order valence-corrected chi connectivity index (χ0v) is 9.26. The van der Waals surface area contributed by atoms with Crippen LogP contribution in [0.4, 0.5) is 17.1 Å². The number of non-ortho nitro benzene ring substituents is 1. The Kier molecular flexibility index (Phi) is 2.78. The van der Waals surface area contributed by atoms with Crippen LogP contribution in [-0.4, -0.2) is 26.3 Å².